The van der Waals surface area contributed by atoms with E-state index in [9.17, 15) is 18.8 Å². The Morgan fingerprint density at radius 1 is 1.08 bits per heavy atom. The van der Waals surface area contributed by atoms with E-state index in [2.05, 4.69) is 27.7 Å². The number of likely N-dealkylation sites (tertiary alicyclic amines) is 1. The highest BCUT2D eigenvalue weighted by atomic mass is 19.1. The molecule has 0 unspecified atom stereocenters. The van der Waals surface area contributed by atoms with Crippen LogP contribution < -0.4 is 15.4 Å². The van der Waals surface area contributed by atoms with Gasteiger partial charge in [-0.2, -0.15) is 0 Å². The van der Waals surface area contributed by atoms with E-state index in [-0.39, 0.29) is 42.5 Å². The summed E-state index contributed by atoms with van der Waals surface area (Å²) in [6.45, 7) is 3.07. The standard InChI is InChI=1S/C28H33FN4O4/c29-22-7-9-25-24(14-22)28(36)31-23-8-6-21(27(35)30-11-3-13-37-25)16-33(17-23)26(34)18-32-12-10-19-4-1-2-5-20(19)15-32/h1-2,4-5,7,9,14,21,23H,3,6,8,10-13,15-18H2,(H,30,35)(H,31,36)/t21-,23+/m0/s1. The normalized spacial score (nSPS) is 23.0. The van der Waals surface area contributed by atoms with Gasteiger partial charge in [-0.15, -0.1) is 0 Å². The minimum Gasteiger partial charge on any atom is -0.493 e. The number of carbonyl (C=O) groups is 3. The van der Waals surface area contributed by atoms with Crippen LogP contribution in [0.15, 0.2) is 42.5 Å². The molecule has 3 aliphatic heterocycles. The Labute approximate surface area is 216 Å². The van der Waals surface area contributed by atoms with Crippen molar-refractivity contribution in [2.75, 3.05) is 39.3 Å². The van der Waals surface area contributed by atoms with Gasteiger partial charge in [0.15, 0.2) is 0 Å². The molecule has 0 aromatic heterocycles. The van der Waals surface area contributed by atoms with Gasteiger partial charge in [0, 0.05) is 38.8 Å². The topological polar surface area (TPSA) is 91.0 Å². The molecule has 0 aliphatic carbocycles. The fourth-order valence-electron chi connectivity index (χ4n) is 5.39. The van der Waals surface area contributed by atoms with Gasteiger partial charge in [-0.05, 0) is 55.0 Å². The van der Waals surface area contributed by atoms with Gasteiger partial charge >= 0.3 is 0 Å². The number of nitrogens with one attached hydrogen (secondary N) is 2. The zero-order valence-corrected chi connectivity index (χ0v) is 20.9. The van der Waals surface area contributed by atoms with Crippen molar-refractivity contribution in [1.82, 2.24) is 20.4 Å². The third kappa shape index (κ3) is 6.10. The van der Waals surface area contributed by atoms with Crippen LogP contribution in [-0.4, -0.2) is 72.9 Å². The fourth-order valence-corrected chi connectivity index (χ4v) is 5.39. The Balaban J connectivity index is 1.34. The molecule has 8 nitrogen and oxygen atoms in total. The van der Waals surface area contributed by atoms with Crippen LogP contribution in [0.1, 0.15) is 40.7 Å². The van der Waals surface area contributed by atoms with Crippen LogP contribution in [0.5, 0.6) is 5.75 Å². The van der Waals surface area contributed by atoms with E-state index in [0.29, 0.717) is 51.2 Å². The monoisotopic (exact) mass is 508 g/mol. The minimum absolute atomic E-state index is 0.0579. The van der Waals surface area contributed by atoms with Gasteiger partial charge < -0.3 is 20.3 Å². The maximum Gasteiger partial charge on any atom is 0.255 e. The van der Waals surface area contributed by atoms with Crippen molar-refractivity contribution in [3.8, 4) is 5.75 Å². The van der Waals surface area contributed by atoms with Crippen molar-refractivity contribution in [2.24, 2.45) is 5.92 Å². The molecule has 9 heteroatoms. The van der Waals surface area contributed by atoms with Crippen molar-refractivity contribution < 1.29 is 23.5 Å². The van der Waals surface area contributed by atoms with Gasteiger partial charge in [0.25, 0.3) is 5.91 Å². The van der Waals surface area contributed by atoms with Crippen LogP contribution in [0.4, 0.5) is 4.39 Å². The van der Waals surface area contributed by atoms with Crippen molar-refractivity contribution in [3.05, 3.63) is 65.0 Å². The molecule has 0 radical (unpaired) electrons. The molecular weight excluding hydrogens is 475 g/mol. The number of benzene rings is 2. The van der Waals surface area contributed by atoms with Gasteiger partial charge in [-0.3, -0.25) is 19.3 Å². The molecular formula is C28H33FN4O4. The highest BCUT2D eigenvalue weighted by Gasteiger charge is 2.33. The molecule has 0 saturated carbocycles. The molecule has 2 aromatic rings. The summed E-state index contributed by atoms with van der Waals surface area (Å²) in [6, 6.07) is 11.8. The Morgan fingerprint density at radius 3 is 2.78 bits per heavy atom. The predicted octanol–water partition coefficient (Wildman–Crippen LogP) is 2.12. The molecule has 5 rings (SSSR count). The number of nitrogens with zero attached hydrogens (tertiary/aromatic N) is 2. The van der Waals surface area contributed by atoms with Crippen LogP contribution >= 0.6 is 0 Å². The average Bonchev–Trinajstić information content (AvgIpc) is 3.11. The lowest BCUT2D eigenvalue weighted by atomic mass is 10.00. The Kier molecular flexibility index (Phi) is 7.69. The maximum absolute atomic E-state index is 14.0. The highest BCUT2D eigenvalue weighted by molar-refractivity contribution is 5.97. The number of rotatable bonds is 2. The number of carbonyl (C=O) groups excluding carboxylic acids is 3. The Hall–Kier alpha value is -3.46. The molecule has 0 spiro atoms. The first-order valence-corrected chi connectivity index (χ1v) is 13.0. The smallest absolute Gasteiger partial charge is 0.255 e. The van der Waals surface area contributed by atoms with Gasteiger partial charge in [-0.25, -0.2) is 4.39 Å². The van der Waals surface area contributed by atoms with Gasteiger partial charge in [-0.1, -0.05) is 24.3 Å². The summed E-state index contributed by atoms with van der Waals surface area (Å²) in [7, 11) is 0. The van der Waals surface area contributed by atoms with Crippen molar-refractivity contribution in [1.29, 1.82) is 0 Å². The summed E-state index contributed by atoms with van der Waals surface area (Å²) in [5.74, 6) is -1.17. The highest BCUT2D eigenvalue weighted by Crippen LogP contribution is 2.24. The molecule has 2 bridgehead atoms. The van der Waals surface area contributed by atoms with E-state index < -0.39 is 11.7 Å². The van der Waals surface area contributed by atoms with Crippen LogP contribution in [-0.2, 0) is 22.6 Å². The molecule has 1 fully saturated rings. The predicted molar refractivity (Wildman–Crippen MR) is 136 cm³/mol. The van der Waals surface area contributed by atoms with Crippen LogP contribution in [0.2, 0.25) is 0 Å². The van der Waals surface area contributed by atoms with Gasteiger partial charge in [0.05, 0.1) is 24.6 Å². The summed E-state index contributed by atoms with van der Waals surface area (Å²) >= 11 is 0. The van der Waals surface area contributed by atoms with E-state index in [1.807, 2.05) is 12.1 Å². The molecule has 3 heterocycles. The van der Waals surface area contributed by atoms with Crippen molar-refractivity contribution in [2.45, 2.75) is 38.3 Å². The van der Waals surface area contributed by atoms with Gasteiger partial charge in [0.1, 0.15) is 11.6 Å². The third-order valence-corrected chi connectivity index (χ3v) is 7.44. The molecule has 2 aromatic carbocycles. The number of hydrogen-bond acceptors (Lipinski definition) is 5. The number of amides is 3. The van der Waals surface area contributed by atoms with Crippen LogP contribution in [0.3, 0.4) is 0 Å². The lowest BCUT2D eigenvalue weighted by molar-refractivity contribution is -0.134. The first-order valence-electron chi connectivity index (χ1n) is 13.0. The maximum atomic E-state index is 14.0. The van der Waals surface area contributed by atoms with E-state index in [1.54, 1.807) is 4.90 Å². The van der Waals surface area contributed by atoms with E-state index >= 15 is 0 Å². The number of halogens is 1. The quantitative estimate of drug-likeness (QED) is 0.649. The fraction of sp³-hybridized carbons (Fsp3) is 0.464. The van der Waals surface area contributed by atoms with Crippen LogP contribution in [0, 0.1) is 11.7 Å². The molecule has 37 heavy (non-hydrogen) atoms. The summed E-state index contributed by atoms with van der Waals surface area (Å²) < 4.78 is 19.7. The zero-order chi connectivity index (χ0) is 25.8. The first-order chi connectivity index (χ1) is 18.0. The molecule has 3 aliphatic rings. The van der Waals surface area contributed by atoms with Crippen LogP contribution in [0.25, 0.3) is 0 Å². The molecule has 196 valence electrons. The largest absolute Gasteiger partial charge is 0.493 e. The zero-order valence-electron chi connectivity index (χ0n) is 20.9. The lowest BCUT2D eigenvalue weighted by Crippen LogP contribution is -2.49. The first kappa shape index (κ1) is 25.2. The lowest BCUT2D eigenvalue weighted by Gasteiger charge is -2.32. The summed E-state index contributed by atoms with van der Waals surface area (Å²) in [5.41, 5.74) is 2.68. The SMILES string of the molecule is O=C1N[C@@H]2CC[C@@H](CN(C(=O)CN3CCc4ccccc4C3)C2)C(=O)NCCCOc2ccc(F)cc21. The van der Waals surface area contributed by atoms with E-state index in [1.165, 1.54) is 29.3 Å². The van der Waals surface area contributed by atoms with E-state index in [0.717, 1.165) is 13.0 Å². The Morgan fingerprint density at radius 2 is 1.92 bits per heavy atom. The number of fused-ring (bicyclic) bond motifs is 5. The Bertz CT molecular complexity index is 1170. The summed E-state index contributed by atoms with van der Waals surface area (Å²) in [4.78, 5) is 43.5. The molecule has 3 amide bonds. The summed E-state index contributed by atoms with van der Waals surface area (Å²) in [6.07, 6.45) is 2.52. The van der Waals surface area contributed by atoms with Gasteiger partial charge in [0.2, 0.25) is 11.8 Å². The van der Waals surface area contributed by atoms with Crippen molar-refractivity contribution >= 4 is 17.7 Å². The molecule has 1 saturated heterocycles. The van der Waals surface area contributed by atoms with Crippen molar-refractivity contribution in [3.63, 3.8) is 0 Å². The molecule has 2 N–H and O–H groups in total. The van der Waals surface area contributed by atoms with E-state index in [4.69, 9.17) is 4.74 Å². The summed E-state index contributed by atoms with van der Waals surface area (Å²) in [5, 5.41) is 5.94. The number of hydrogen-bond donors (Lipinski definition) is 2. The number of ether oxygens (including phenoxy) is 1. The second kappa shape index (κ2) is 11.3. The second-order valence-corrected chi connectivity index (χ2v) is 10.1. The minimum atomic E-state index is -0.522. The average molecular weight is 509 g/mol. The third-order valence-electron chi connectivity index (χ3n) is 7.44. The molecule has 2 atom stereocenters. The second-order valence-electron chi connectivity index (χ2n) is 10.1.